The fraction of sp³-hybridized carbons (Fsp3) is 0.578. The highest BCUT2D eigenvalue weighted by atomic mass is 16.3. The molecular weight excluding hydrogens is 1940 g/mol. The van der Waals surface area contributed by atoms with E-state index in [1.807, 2.05) is 0 Å². The van der Waals surface area contributed by atoms with Gasteiger partial charge in [0, 0.05) is 63.7 Å². The third-order valence-corrected chi connectivity index (χ3v) is 25.8. The highest BCUT2D eigenvalue weighted by Crippen LogP contribution is 2.30. The molecule has 6 rings (SSSR count). The fourth-order valence-electron chi connectivity index (χ4n) is 17.1. The zero-order valence-corrected chi connectivity index (χ0v) is 86.6. The number of allylic oxidation sites excluding steroid dienone is 3. The Morgan fingerprint density at radius 2 is 0.907 bits per heavy atom. The number of nitrogens with one attached hydrogen (secondary N) is 22. The van der Waals surface area contributed by atoms with Gasteiger partial charge in [-0.3, -0.25) is 103 Å². The van der Waals surface area contributed by atoms with E-state index >= 15 is 24.0 Å². The number of primary amides is 2. The molecule has 826 valence electrons. The summed E-state index contributed by atoms with van der Waals surface area (Å²) in [5.41, 5.74) is 30.0. The van der Waals surface area contributed by atoms with Crippen LogP contribution >= 0.6 is 0 Å². The molecule has 0 saturated carbocycles. The average molecular weight is 2100 g/mol. The van der Waals surface area contributed by atoms with Crippen LogP contribution in [-0.4, -0.2) is 270 Å². The first-order valence-corrected chi connectivity index (χ1v) is 51.7. The van der Waals surface area contributed by atoms with Crippen LogP contribution in [0.2, 0.25) is 0 Å². The smallest absolute Gasteiger partial charge is 0.245 e. The van der Waals surface area contributed by atoms with Crippen molar-refractivity contribution in [3.05, 3.63) is 119 Å². The van der Waals surface area contributed by atoms with Crippen molar-refractivity contribution in [3.8, 4) is 11.5 Å². The molecule has 3 aromatic carbocycles. The molecule has 48 nitrogen and oxygen atoms in total. The summed E-state index contributed by atoms with van der Waals surface area (Å²) in [4.78, 5) is 248. The molecule has 48 heteroatoms. The van der Waals surface area contributed by atoms with Crippen LogP contribution in [0.1, 0.15) is 219 Å². The number of aromatic hydroxyl groups is 2. The Morgan fingerprint density at radius 3 is 1.38 bits per heavy atom. The zero-order valence-electron chi connectivity index (χ0n) is 86.6. The number of phenols is 2. The van der Waals surface area contributed by atoms with Crippen molar-refractivity contribution in [1.82, 2.24) is 101 Å². The quantitative estimate of drug-likeness (QED) is 0.0164. The number of rotatable bonds is 67. The standard InChI is InChI=1S/C102H158N28O20/c1-7-9-10-11-12-13-14-15-16-17-18-19-23-32-82(135)115-55-83(136)116-56-84(137)118-75(49-63-34-39-68(132)40-35-63)92(143)124-76(48-62-27-21-20-22-28-62)93(144)120-70(29-24-43-112-100(105)106)88(139)119-71(30-25-44-113-101(107)108)89(140)123-74(46-59(3)4)91(142)126-78-51-65-33-38-66(47-65)61(6)86(130-97(148)80(57-131)128-94(78)145)99(150)121-72(31-26-45-114-102(109)110)90(141)127-79(53-81(103)134)95(146)125-77(50-64-36-41-69(133)42-37-64)96(147)129-85(60(5)8-2)98(149)122-73(87(104)138)52-67-54-111-58-117-67/h20-22,27-28,33-42,47,58-61,66-67,70-80,85-86,131-133H,7-19,23-26,29-32,43-46,48-57H2,1-6H3,(H2,103,134)(H2,104,138)(H,111,117)(H,115,135)(H,116,136)(H,118,137)(H,119,139)(H,120,144)(H,121,150)(H,122,149)(H,123,140)(H,124,143)(H,125,146)(H,126,142)(H,127,141)(H,128,145)(H,129,147)(H,130,148)(H4,105,106,112)(H4,107,108,113)(H4,109,110,114). The second-order valence-corrected chi connectivity index (χ2v) is 38.7. The molecule has 0 spiro atoms. The number of phenolic OH excluding ortho intramolecular Hbond substituents is 2. The van der Waals surface area contributed by atoms with Crippen molar-refractivity contribution in [2.45, 2.75) is 306 Å². The third kappa shape index (κ3) is 46.6. The van der Waals surface area contributed by atoms with E-state index in [0.717, 1.165) is 25.7 Å². The number of fused-ring (bicyclic) bond motifs is 1. The van der Waals surface area contributed by atoms with Gasteiger partial charge in [-0.1, -0.05) is 198 Å². The van der Waals surface area contributed by atoms with Gasteiger partial charge in [-0.05, 0) is 122 Å². The van der Waals surface area contributed by atoms with E-state index in [9.17, 15) is 72.9 Å². The van der Waals surface area contributed by atoms with Crippen molar-refractivity contribution >= 4 is 125 Å². The van der Waals surface area contributed by atoms with Crippen LogP contribution in [0.3, 0.4) is 0 Å². The van der Waals surface area contributed by atoms with Gasteiger partial charge in [-0.25, -0.2) is 0 Å². The van der Waals surface area contributed by atoms with E-state index in [0.29, 0.717) is 41.6 Å². The van der Waals surface area contributed by atoms with Gasteiger partial charge in [0.1, 0.15) is 90.0 Å². The monoisotopic (exact) mass is 2100 g/mol. The molecule has 1 aliphatic carbocycles. The lowest BCUT2D eigenvalue weighted by Gasteiger charge is -2.32. The molecule has 0 radical (unpaired) electrons. The Balaban J connectivity index is 1.21. The number of benzene rings is 3. The van der Waals surface area contributed by atoms with E-state index < -0.39 is 241 Å². The van der Waals surface area contributed by atoms with Gasteiger partial charge in [0.15, 0.2) is 17.9 Å². The van der Waals surface area contributed by atoms with E-state index in [1.54, 1.807) is 83.2 Å². The lowest BCUT2D eigenvalue weighted by atomic mass is 9.87. The zero-order chi connectivity index (χ0) is 110. The predicted octanol–water partition coefficient (Wildman–Crippen LogP) is -2.08. The number of aliphatic hydroxyl groups is 1. The van der Waals surface area contributed by atoms with Crippen LogP contribution in [0, 0.1) is 39.9 Å². The highest BCUT2D eigenvalue weighted by Gasteiger charge is 2.42. The predicted molar refractivity (Wildman–Crippen MR) is 561 cm³/mol. The maximum absolute atomic E-state index is 15.1. The molecule has 0 aromatic heterocycles. The van der Waals surface area contributed by atoms with Crippen molar-refractivity contribution in [2.75, 3.05) is 45.9 Å². The molecule has 2 heterocycles. The van der Waals surface area contributed by atoms with Crippen molar-refractivity contribution in [3.63, 3.8) is 0 Å². The number of guanidine groups is 3. The van der Waals surface area contributed by atoms with Crippen molar-refractivity contribution < 1.29 is 96.8 Å². The highest BCUT2D eigenvalue weighted by molar-refractivity contribution is 6.02. The molecule has 2 bridgehead atoms. The van der Waals surface area contributed by atoms with Gasteiger partial charge in [-0.2, -0.15) is 0 Å². The SMILES string of the molecule is CCCCCCCCCCCCCCCC(=O)NCC(=O)NCC(=O)NC(Cc1ccc(O)cc1)C(=O)NC(Cc1ccccc1)C(=O)NC(CCCNC(=N)N)C(=O)NC(CCCNC(=N)N)C(=O)NC(CC(C)C)C(=O)NC1CC2=CC(C=C2)C(C)C(C(=O)NC(CCCNC(=N)N)C(=O)NC(CC(N)=O)C(=O)NC(Cc2ccc(O)cc2)C(=O)NC(C(=O)NC(CC2CN=CN2)C(N)=O)C(C)CC)NC(=O)C(CO)NC1=O. The second kappa shape index (κ2) is 66.3. The van der Waals surface area contributed by atoms with E-state index in [2.05, 4.69) is 113 Å². The average Bonchev–Trinajstić information content (AvgIpc) is 1.59. The van der Waals surface area contributed by atoms with Crippen LogP contribution in [-0.2, 0) is 101 Å². The molecule has 150 heavy (non-hydrogen) atoms. The minimum atomic E-state index is -1.91. The summed E-state index contributed by atoms with van der Waals surface area (Å²) in [7, 11) is 0. The first-order valence-electron chi connectivity index (χ1n) is 51.7. The van der Waals surface area contributed by atoms with Crippen LogP contribution in [0.25, 0.3) is 0 Å². The van der Waals surface area contributed by atoms with Crippen molar-refractivity contribution in [1.29, 1.82) is 16.2 Å². The number of unbranched alkanes of at least 4 members (excludes halogenated alkanes) is 12. The fourth-order valence-corrected chi connectivity index (χ4v) is 17.1. The Bertz CT molecular complexity index is 5080. The molecule has 3 aromatic rings. The number of amides is 17. The first-order chi connectivity index (χ1) is 71.5. The number of hydrogen-bond acceptors (Lipinski definition) is 25. The summed E-state index contributed by atoms with van der Waals surface area (Å²) in [5.74, 6) is -20.2. The van der Waals surface area contributed by atoms with Gasteiger partial charge in [0.05, 0.1) is 39.0 Å². The van der Waals surface area contributed by atoms with Gasteiger partial charge in [0.25, 0.3) is 0 Å². The van der Waals surface area contributed by atoms with Gasteiger partial charge >= 0.3 is 0 Å². The number of nitrogens with two attached hydrogens (primary N) is 5. The molecule has 0 fully saturated rings. The Hall–Kier alpha value is -15.0. The molecule has 35 N–H and O–H groups in total. The van der Waals surface area contributed by atoms with Gasteiger partial charge in [-0.15, -0.1) is 0 Å². The van der Waals surface area contributed by atoms with Gasteiger partial charge < -0.3 is 145 Å². The molecule has 17 atom stereocenters. The van der Waals surface area contributed by atoms with Crippen molar-refractivity contribution in [2.24, 2.45) is 57.3 Å². The Labute approximate surface area is 874 Å². The summed E-state index contributed by atoms with van der Waals surface area (Å²) in [6.07, 6.45) is 18.8. The number of aliphatic imine (C=N–C) groups is 1. The maximum atomic E-state index is 15.1. The van der Waals surface area contributed by atoms with E-state index in [1.165, 1.54) is 106 Å². The van der Waals surface area contributed by atoms with Crippen LogP contribution in [0.15, 0.2) is 108 Å². The Kier molecular flexibility index (Phi) is 54.7. The van der Waals surface area contributed by atoms with Crippen LogP contribution in [0.5, 0.6) is 11.5 Å². The summed E-state index contributed by atoms with van der Waals surface area (Å²) >= 11 is 0. The normalized spacial score (nSPS) is 17.8. The van der Waals surface area contributed by atoms with E-state index in [-0.39, 0.29) is 127 Å². The second-order valence-electron chi connectivity index (χ2n) is 38.7. The topological polar surface area (TPSA) is 793 Å². The molecule has 2 aliphatic heterocycles. The molecule has 17 unspecified atom stereocenters. The largest absolute Gasteiger partial charge is 0.508 e. The number of nitrogens with zero attached hydrogens (tertiary/aromatic N) is 1. The van der Waals surface area contributed by atoms with Crippen LogP contribution < -0.4 is 130 Å². The summed E-state index contributed by atoms with van der Waals surface area (Å²) < 4.78 is 0. The number of carbonyl (C=O) groups is 17. The number of hydrogen-bond donors (Lipinski definition) is 30. The van der Waals surface area contributed by atoms with E-state index in [4.69, 9.17) is 44.9 Å². The van der Waals surface area contributed by atoms with Gasteiger partial charge in [0.2, 0.25) is 100 Å². The summed E-state index contributed by atoms with van der Waals surface area (Å²) in [5, 5.41) is 105. The lowest BCUT2D eigenvalue weighted by Crippen LogP contribution is -2.62. The summed E-state index contributed by atoms with van der Waals surface area (Å²) in [6.45, 7) is 8.61. The minimum Gasteiger partial charge on any atom is -0.508 e. The minimum absolute atomic E-state index is 0.0143. The maximum Gasteiger partial charge on any atom is 0.245 e. The van der Waals surface area contributed by atoms with Crippen LogP contribution in [0.4, 0.5) is 0 Å². The summed E-state index contributed by atoms with van der Waals surface area (Å²) in [6, 6.07) is -1.23. The lowest BCUT2D eigenvalue weighted by molar-refractivity contribution is -0.137. The number of aliphatic hydroxyl groups excluding tert-OH is 1. The Morgan fingerprint density at radius 1 is 0.467 bits per heavy atom. The molecule has 17 amide bonds. The third-order valence-electron chi connectivity index (χ3n) is 25.8. The molecule has 0 saturated heterocycles. The molecular formula is C102H158N28O20. The molecule has 3 aliphatic rings. The first kappa shape index (κ1) is 124. The number of carbonyl (C=O) groups excluding carboxylic acids is 17.